The van der Waals surface area contributed by atoms with Crippen molar-refractivity contribution >= 4 is 26.7 Å². The van der Waals surface area contributed by atoms with Crippen LogP contribution in [0, 0.1) is 6.92 Å². The highest BCUT2D eigenvalue weighted by molar-refractivity contribution is 7.72. The minimum atomic E-state index is -2.18. The third-order valence-corrected chi connectivity index (χ3v) is 4.92. The summed E-state index contributed by atoms with van der Waals surface area (Å²) in [6, 6.07) is 6.04. The van der Waals surface area contributed by atoms with E-state index < -0.39 is 10.3 Å². The van der Waals surface area contributed by atoms with Gasteiger partial charge in [0.2, 0.25) is 10.3 Å². The van der Waals surface area contributed by atoms with Crippen LogP contribution in [0.5, 0.6) is 0 Å². The fraction of sp³-hybridized carbons (Fsp3) is 0.533. The van der Waals surface area contributed by atoms with Crippen molar-refractivity contribution in [2.24, 2.45) is 0 Å². The molecule has 0 unspecified atom stereocenters. The van der Waals surface area contributed by atoms with Gasteiger partial charge >= 0.3 is 0 Å². The smallest absolute Gasteiger partial charge is 0.229 e. The van der Waals surface area contributed by atoms with Crippen LogP contribution in [0.3, 0.4) is 0 Å². The van der Waals surface area contributed by atoms with Crippen LogP contribution >= 0.6 is 0 Å². The molecule has 1 heterocycles. The van der Waals surface area contributed by atoms with E-state index in [1.165, 1.54) is 0 Å². The second-order valence-electron chi connectivity index (χ2n) is 5.82. The zero-order valence-corrected chi connectivity index (χ0v) is 14.2. The molecule has 1 aliphatic heterocycles. The van der Waals surface area contributed by atoms with Crippen LogP contribution in [0.15, 0.2) is 18.2 Å². The highest BCUT2D eigenvalue weighted by atomic mass is 32.2. The molecule has 1 aliphatic rings. The summed E-state index contributed by atoms with van der Waals surface area (Å²) in [6.45, 7) is 5.54. The molecule has 0 aromatic heterocycles. The highest BCUT2D eigenvalue weighted by Crippen LogP contribution is 2.20. The van der Waals surface area contributed by atoms with E-state index in [-0.39, 0.29) is 0 Å². The summed E-state index contributed by atoms with van der Waals surface area (Å²) in [5, 5.41) is 0. The van der Waals surface area contributed by atoms with E-state index in [9.17, 15) is 8.42 Å². The Kier molecular flexibility index (Phi) is 5.44. The summed E-state index contributed by atoms with van der Waals surface area (Å²) in [4.78, 5) is 6.57. The third-order valence-electron chi connectivity index (χ3n) is 4.10. The lowest BCUT2D eigenvalue weighted by atomic mass is 10.1. The number of hydrogen-bond acceptors (Lipinski definition) is 5. The number of aryl methyl sites for hydroxylation is 1. The Labute approximate surface area is 133 Å². The SMILES string of the molecule is Cc1cc(N2CCN(C)CC(=S(=O)=O)N(C)CC2)ccc1N. The third kappa shape index (κ3) is 4.00. The number of nitrogen functional groups attached to an aromatic ring is 1. The maximum absolute atomic E-state index is 11.4. The van der Waals surface area contributed by atoms with E-state index in [1.807, 2.05) is 43.0 Å². The summed E-state index contributed by atoms with van der Waals surface area (Å²) in [6.07, 6.45) is 0. The van der Waals surface area contributed by atoms with Gasteiger partial charge in [-0.2, -0.15) is 8.42 Å². The van der Waals surface area contributed by atoms with Crippen molar-refractivity contribution in [3.8, 4) is 0 Å². The summed E-state index contributed by atoms with van der Waals surface area (Å²) >= 11 is 0. The lowest BCUT2D eigenvalue weighted by Gasteiger charge is -2.26. The van der Waals surface area contributed by atoms with E-state index in [0.717, 1.165) is 36.6 Å². The number of rotatable bonds is 1. The lowest BCUT2D eigenvalue weighted by Crippen LogP contribution is -2.38. The van der Waals surface area contributed by atoms with Crippen molar-refractivity contribution in [3.05, 3.63) is 23.8 Å². The first-order valence-corrected chi connectivity index (χ1v) is 8.42. The predicted octanol–water partition coefficient (Wildman–Crippen LogP) is 0.270. The number of likely N-dealkylation sites (N-methyl/N-ethyl adjacent to an activating group) is 2. The average molecular weight is 324 g/mol. The van der Waals surface area contributed by atoms with Gasteiger partial charge in [-0.05, 0) is 44.8 Å². The van der Waals surface area contributed by atoms with E-state index >= 15 is 0 Å². The minimum absolute atomic E-state index is 0.442. The van der Waals surface area contributed by atoms with Gasteiger partial charge < -0.3 is 10.6 Å². The standard InChI is InChI=1S/C15H24N4O2S/c1-12-10-13(4-5-14(12)16)19-8-6-17(2)11-15(22(20)21)18(3)7-9-19/h4-5,10H,6-9,11,16H2,1-3H3. The molecule has 2 N–H and O–H groups in total. The monoisotopic (exact) mass is 324 g/mol. The van der Waals surface area contributed by atoms with Crippen molar-refractivity contribution in [3.63, 3.8) is 0 Å². The van der Waals surface area contributed by atoms with Crippen molar-refractivity contribution in [1.29, 1.82) is 0 Å². The first-order valence-electron chi connectivity index (χ1n) is 7.34. The van der Waals surface area contributed by atoms with Crippen LogP contribution in [0.4, 0.5) is 11.4 Å². The van der Waals surface area contributed by atoms with Crippen LogP contribution in [0.2, 0.25) is 0 Å². The molecule has 22 heavy (non-hydrogen) atoms. The van der Waals surface area contributed by atoms with E-state index in [2.05, 4.69) is 11.0 Å². The molecule has 1 aromatic rings. The highest BCUT2D eigenvalue weighted by Gasteiger charge is 2.18. The molecule has 1 saturated heterocycles. The van der Waals surface area contributed by atoms with Crippen LogP contribution in [0.1, 0.15) is 5.56 Å². The molecule has 0 aliphatic carbocycles. The number of anilines is 2. The minimum Gasteiger partial charge on any atom is -0.399 e. The summed E-state index contributed by atoms with van der Waals surface area (Å²) in [5.74, 6) is 0. The lowest BCUT2D eigenvalue weighted by molar-refractivity contribution is 0.382. The average Bonchev–Trinajstić information content (AvgIpc) is 2.53. The van der Waals surface area contributed by atoms with Gasteiger partial charge in [-0.25, -0.2) is 0 Å². The molecule has 1 fully saturated rings. The quantitative estimate of drug-likeness (QED) is 0.591. The van der Waals surface area contributed by atoms with Gasteiger partial charge in [-0.3, -0.25) is 9.80 Å². The van der Waals surface area contributed by atoms with E-state index in [1.54, 1.807) is 0 Å². The maximum atomic E-state index is 11.4. The van der Waals surface area contributed by atoms with E-state index in [0.29, 0.717) is 18.1 Å². The summed E-state index contributed by atoms with van der Waals surface area (Å²) < 4.78 is 22.8. The van der Waals surface area contributed by atoms with Gasteiger partial charge in [0.1, 0.15) is 4.99 Å². The fourth-order valence-corrected chi connectivity index (χ4v) is 3.20. The molecular formula is C15H24N4O2S. The molecule has 0 bridgehead atoms. The predicted molar refractivity (Wildman–Crippen MR) is 91.9 cm³/mol. The van der Waals surface area contributed by atoms with Gasteiger partial charge in [0.05, 0.1) is 0 Å². The van der Waals surface area contributed by atoms with Crippen molar-refractivity contribution in [2.45, 2.75) is 6.92 Å². The van der Waals surface area contributed by atoms with E-state index in [4.69, 9.17) is 5.73 Å². The van der Waals surface area contributed by atoms with Gasteiger partial charge in [-0.1, -0.05) is 0 Å². The molecule has 0 radical (unpaired) electrons. The number of hydrogen-bond donors (Lipinski definition) is 1. The van der Waals surface area contributed by atoms with Crippen LogP contribution in [-0.4, -0.2) is 70.0 Å². The van der Waals surface area contributed by atoms with Crippen LogP contribution in [-0.2, 0) is 10.3 Å². The number of nitrogens with zero attached hydrogens (tertiary/aromatic N) is 3. The molecule has 1 aromatic carbocycles. The Balaban J connectivity index is 2.25. The largest absolute Gasteiger partial charge is 0.399 e. The summed E-state index contributed by atoms with van der Waals surface area (Å²) in [5.41, 5.74) is 8.87. The Morgan fingerprint density at radius 2 is 1.77 bits per heavy atom. The molecular weight excluding hydrogens is 300 g/mol. The topological polar surface area (TPSA) is 69.9 Å². The Hall–Kier alpha value is -1.57. The molecule has 0 atom stereocenters. The maximum Gasteiger partial charge on any atom is 0.229 e. The normalized spacial score (nSPS) is 18.7. The zero-order chi connectivity index (χ0) is 16.3. The number of benzene rings is 1. The molecule has 6 nitrogen and oxygen atoms in total. The van der Waals surface area contributed by atoms with Gasteiger partial charge in [0.25, 0.3) is 0 Å². The number of nitrogens with two attached hydrogens (primary N) is 1. The van der Waals surface area contributed by atoms with Crippen molar-refractivity contribution in [2.75, 3.05) is 57.5 Å². The molecule has 2 rings (SSSR count). The molecule has 7 heteroatoms. The van der Waals surface area contributed by atoms with Crippen LogP contribution < -0.4 is 10.6 Å². The Morgan fingerprint density at radius 1 is 1.09 bits per heavy atom. The molecule has 0 spiro atoms. The Bertz CT molecular complexity index is 664. The van der Waals surface area contributed by atoms with Gasteiger partial charge in [0, 0.05) is 44.1 Å². The molecule has 0 amide bonds. The second-order valence-corrected chi connectivity index (χ2v) is 6.76. The molecule has 0 saturated carbocycles. The first-order chi connectivity index (χ1) is 10.4. The Morgan fingerprint density at radius 3 is 2.41 bits per heavy atom. The van der Waals surface area contributed by atoms with Gasteiger partial charge in [-0.15, -0.1) is 0 Å². The van der Waals surface area contributed by atoms with Crippen molar-refractivity contribution in [1.82, 2.24) is 9.80 Å². The van der Waals surface area contributed by atoms with Crippen LogP contribution in [0.25, 0.3) is 0 Å². The zero-order valence-electron chi connectivity index (χ0n) is 13.4. The van der Waals surface area contributed by atoms with Crippen molar-refractivity contribution < 1.29 is 8.42 Å². The second kappa shape index (κ2) is 7.13. The fourth-order valence-electron chi connectivity index (χ4n) is 2.52. The molecule has 122 valence electrons. The summed E-state index contributed by atoms with van der Waals surface area (Å²) in [7, 11) is 1.60. The first kappa shape index (κ1) is 16.8. The van der Waals surface area contributed by atoms with Gasteiger partial charge in [0.15, 0.2) is 0 Å².